The Morgan fingerprint density at radius 3 is 2.32 bits per heavy atom. The Labute approximate surface area is 158 Å². The van der Waals surface area contributed by atoms with E-state index in [4.69, 9.17) is 0 Å². The fourth-order valence-electron chi connectivity index (χ4n) is 2.64. The van der Waals surface area contributed by atoms with Gasteiger partial charge >= 0.3 is 6.36 Å². The van der Waals surface area contributed by atoms with E-state index in [9.17, 15) is 18.0 Å². The SMILES string of the molecule is Cc1nc(C)n(-c2ncc(NC(=O)c3ccccc3OC(F)(F)F)cn2)c1C. The zero-order valence-corrected chi connectivity index (χ0v) is 15.2. The maximum absolute atomic E-state index is 12.5. The zero-order chi connectivity index (χ0) is 20.5. The molecule has 28 heavy (non-hydrogen) atoms. The number of carbonyl (C=O) groups excluding carboxylic acids is 1. The average Bonchev–Trinajstić information content (AvgIpc) is 2.87. The second-order valence-electron chi connectivity index (χ2n) is 5.94. The number of aromatic nitrogens is 4. The largest absolute Gasteiger partial charge is 0.573 e. The van der Waals surface area contributed by atoms with Crippen LogP contribution in [0.25, 0.3) is 5.95 Å². The maximum Gasteiger partial charge on any atom is 0.573 e. The molecule has 1 N–H and O–H groups in total. The molecular formula is C18H16F3N5O2. The molecule has 2 aromatic heterocycles. The molecule has 0 atom stereocenters. The molecule has 0 aliphatic heterocycles. The van der Waals surface area contributed by atoms with Gasteiger partial charge in [0.2, 0.25) is 5.95 Å². The molecule has 0 radical (unpaired) electrons. The minimum absolute atomic E-state index is 0.225. The summed E-state index contributed by atoms with van der Waals surface area (Å²) in [5, 5.41) is 2.46. The van der Waals surface area contributed by atoms with E-state index in [-0.39, 0.29) is 11.3 Å². The minimum atomic E-state index is -4.90. The van der Waals surface area contributed by atoms with Crippen LogP contribution < -0.4 is 10.1 Å². The number of nitrogens with one attached hydrogen (secondary N) is 1. The van der Waals surface area contributed by atoms with Crippen LogP contribution in [-0.2, 0) is 0 Å². The van der Waals surface area contributed by atoms with E-state index < -0.39 is 18.0 Å². The summed E-state index contributed by atoms with van der Waals surface area (Å²) in [5.41, 5.74) is 1.69. The molecule has 0 saturated heterocycles. The Hall–Kier alpha value is -3.43. The van der Waals surface area contributed by atoms with Crippen molar-refractivity contribution in [1.29, 1.82) is 0 Å². The number of benzene rings is 1. The third-order valence-corrected chi connectivity index (χ3v) is 3.97. The molecule has 0 spiro atoms. The topological polar surface area (TPSA) is 81.9 Å². The van der Waals surface area contributed by atoms with Crippen molar-refractivity contribution in [2.75, 3.05) is 5.32 Å². The molecule has 0 fully saturated rings. The number of alkyl halides is 3. The summed E-state index contributed by atoms with van der Waals surface area (Å²) < 4.78 is 43.2. The number of amides is 1. The molecule has 0 aliphatic rings. The summed E-state index contributed by atoms with van der Waals surface area (Å²) >= 11 is 0. The first kappa shape index (κ1) is 19.3. The molecule has 0 unspecified atom stereocenters. The van der Waals surface area contributed by atoms with Crippen LogP contribution in [0.15, 0.2) is 36.7 Å². The van der Waals surface area contributed by atoms with E-state index >= 15 is 0 Å². The van der Waals surface area contributed by atoms with Crippen LogP contribution in [0.1, 0.15) is 27.6 Å². The van der Waals surface area contributed by atoms with Gasteiger partial charge in [-0.25, -0.2) is 15.0 Å². The monoisotopic (exact) mass is 391 g/mol. The van der Waals surface area contributed by atoms with Gasteiger partial charge in [-0.05, 0) is 32.9 Å². The Kier molecular flexibility index (Phi) is 5.04. The van der Waals surface area contributed by atoms with E-state index in [1.54, 1.807) is 4.57 Å². The third kappa shape index (κ3) is 4.11. The predicted octanol–water partition coefficient (Wildman–Crippen LogP) is 3.74. The lowest BCUT2D eigenvalue weighted by atomic mass is 10.2. The standard InChI is InChI=1S/C18H16F3N5O2/c1-10-11(2)26(12(3)24-10)17-22-8-13(9-23-17)25-16(27)14-6-4-5-7-15(14)28-18(19,20)21/h4-9H,1-3H3,(H,25,27). The van der Waals surface area contributed by atoms with Gasteiger partial charge in [0.05, 0.1) is 29.3 Å². The van der Waals surface area contributed by atoms with E-state index in [1.807, 2.05) is 20.8 Å². The summed E-state index contributed by atoms with van der Waals surface area (Å²) in [7, 11) is 0. The Bertz CT molecular complexity index is 1010. The quantitative estimate of drug-likeness (QED) is 0.733. The first-order valence-corrected chi connectivity index (χ1v) is 8.17. The van der Waals surface area contributed by atoms with Crippen LogP contribution >= 0.6 is 0 Å². The number of para-hydroxylation sites is 1. The van der Waals surface area contributed by atoms with E-state index in [1.165, 1.54) is 30.6 Å². The highest BCUT2D eigenvalue weighted by Gasteiger charge is 2.32. The van der Waals surface area contributed by atoms with Crippen LogP contribution in [0.2, 0.25) is 0 Å². The zero-order valence-electron chi connectivity index (χ0n) is 15.2. The number of aryl methyl sites for hydroxylation is 2. The number of carbonyl (C=O) groups is 1. The van der Waals surface area contributed by atoms with E-state index in [0.29, 0.717) is 11.8 Å². The number of rotatable bonds is 4. The molecule has 0 saturated carbocycles. The van der Waals surface area contributed by atoms with Gasteiger partial charge in [-0.3, -0.25) is 9.36 Å². The first-order chi connectivity index (χ1) is 13.2. The van der Waals surface area contributed by atoms with Gasteiger partial charge in [0.1, 0.15) is 11.6 Å². The van der Waals surface area contributed by atoms with Crippen molar-refractivity contribution in [3.63, 3.8) is 0 Å². The highest BCUT2D eigenvalue weighted by molar-refractivity contribution is 6.06. The van der Waals surface area contributed by atoms with Crippen LogP contribution in [0.3, 0.4) is 0 Å². The summed E-state index contributed by atoms with van der Waals surface area (Å²) in [4.78, 5) is 25.1. The number of imidazole rings is 1. The number of halogens is 3. The lowest BCUT2D eigenvalue weighted by Gasteiger charge is -2.13. The third-order valence-electron chi connectivity index (χ3n) is 3.97. The van der Waals surface area contributed by atoms with E-state index in [2.05, 4.69) is 25.0 Å². The summed E-state index contributed by atoms with van der Waals surface area (Å²) in [5.74, 6) is -0.286. The molecule has 0 bridgehead atoms. The summed E-state index contributed by atoms with van der Waals surface area (Å²) in [6.45, 7) is 5.57. The van der Waals surface area contributed by atoms with Gasteiger partial charge in [-0.15, -0.1) is 13.2 Å². The first-order valence-electron chi connectivity index (χ1n) is 8.17. The molecule has 146 valence electrons. The van der Waals surface area contributed by atoms with Gasteiger partial charge in [-0.1, -0.05) is 12.1 Å². The van der Waals surface area contributed by atoms with Crippen molar-refractivity contribution in [3.8, 4) is 11.7 Å². The van der Waals surface area contributed by atoms with Gasteiger partial charge < -0.3 is 10.1 Å². The summed E-state index contributed by atoms with van der Waals surface area (Å²) in [6.07, 6.45) is -2.18. The molecule has 2 heterocycles. The van der Waals surface area contributed by atoms with Gasteiger partial charge in [-0.2, -0.15) is 0 Å². The highest BCUT2D eigenvalue weighted by atomic mass is 19.4. The molecule has 10 heteroatoms. The smallest absolute Gasteiger partial charge is 0.405 e. The lowest BCUT2D eigenvalue weighted by molar-refractivity contribution is -0.274. The van der Waals surface area contributed by atoms with Crippen LogP contribution in [0.4, 0.5) is 18.9 Å². The number of hydrogen-bond acceptors (Lipinski definition) is 5. The van der Waals surface area contributed by atoms with Crippen molar-refractivity contribution < 1.29 is 22.7 Å². The number of hydrogen-bond donors (Lipinski definition) is 1. The molecule has 3 rings (SSSR count). The van der Waals surface area contributed by atoms with Crippen molar-refractivity contribution in [2.45, 2.75) is 27.1 Å². The number of anilines is 1. The van der Waals surface area contributed by atoms with Gasteiger partial charge in [0.15, 0.2) is 0 Å². The summed E-state index contributed by atoms with van der Waals surface area (Å²) in [6, 6.07) is 5.07. The Morgan fingerprint density at radius 2 is 1.75 bits per heavy atom. The fourth-order valence-corrected chi connectivity index (χ4v) is 2.64. The normalized spacial score (nSPS) is 11.4. The average molecular weight is 391 g/mol. The van der Waals surface area contributed by atoms with Crippen LogP contribution in [0.5, 0.6) is 5.75 Å². The van der Waals surface area contributed by atoms with Crippen molar-refractivity contribution >= 4 is 11.6 Å². The van der Waals surface area contributed by atoms with Crippen molar-refractivity contribution in [3.05, 3.63) is 59.4 Å². The molecule has 3 aromatic rings. The highest BCUT2D eigenvalue weighted by Crippen LogP contribution is 2.26. The van der Waals surface area contributed by atoms with Crippen molar-refractivity contribution in [2.24, 2.45) is 0 Å². The maximum atomic E-state index is 12.5. The van der Waals surface area contributed by atoms with E-state index in [0.717, 1.165) is 17.5 Å². The Balaban J connectivity index is 1.81. The second kappa shape index (κ2) is 7.29. The number of ether oxygens (including phenoxy) is 1. The Morgan fingerprint density at radius 1 is 1.11 bits per heavy atom. The molecule has 1 aromatic carbocycles. The van der Waals surface area contributed by atoms with Gasteiger partial charge in [0, 0.05) is 5.69 Å². The fraction of sp³-hybridized carbons (Fsp3) is 0.222. The molecule has 1 amide bonds. The predicted molar refractivity (Wildman–Crippen MR) is 94.4 cm³/mol. The molecular weight excluding hydrogens is 375 g/mol. The van der Waals surface area contributed by atoms with Gasteiger partial charge in [0.25, 0.3) is 5.91 Å². The number of nitrogens with zero attached hydrogens (tertiary/aromatic N) is 4. The van der Waals surface area contributed by atoms with Crippen molar-refractivity contribution in [1.82, 2.24) is 19.5 Å². The minimum Gasteiger partial charge on any atom is -0.405 e. The van der Waals surface area contributed by atoms with Crippen LogP contribution in [-0.4, -0.2) is 31.8 Å². The second-order valence-corrected chi connectivity index (χ2v) is 5.94. The van der Waals surface area contributed by atoms with Crippen LogP contribution in [0, 0.1) is 20.8 Å². The molecule has 0 aliphatic carbocycles. The molecule has 7 nitrogen and oxygen atoms in total. The lowest BCUT2D eigenvalue weighted by Crippen LogP contribution is -2.21.